The van der Waals surface area contributed by atoms with Crippen LogP contribution < -0.4 is 5.73 Å². The first-order chi connectivity index (χ1) is 9.63. The molecule has 106 valence electrons. The summed E-state index contributed by atoms with van der Waals surface area (Å²) in [5, 5.41) is 8.52. The molecule has 3 N–H and O–H groups in total. The number of hydrogen-bond donors (Lipinski definition) is 2. The van der Waals surface area contributed by atoms with Crippen LogP contribution >= 0.6 is 11.6 Å². The molecule has 0 bridgehead atoms. The van der Waals surface area contributed by atoms with Gasteiger partial charge in [-0.25, -0.2) is 0 Å². The van der Waals surface area contributed by atoms with E-state index >= 15 is 0 Å². The molecule has 0 spiro atoms. The van der Waals surface area contributed by atoms with E-state index in [1.807, 2.05) is 60.7 Å². The van der Waals surface area contributed by atoms with Gasteiger partial charge in [0.15, 0.2) is 0 Å². The van der Waals surface area contributed by atoms with Crippen molar-refractivity contribution in [2.24, 2.45) is 5.73 Å². The lowest BCUT2D eigenvalue weighted by molar-refractivity contribution is -0.138. The van der Waals surface area contributed by atoms with E-state index in [4.69, 9.17) is 22.4 Å². The number of aliphatic carboxylic acids is 1. The van der Waals surface area contributed by atoms with Crippen molar-refractivity contribution >= 4 is 17.6 Å². The Morgan fingerprint density at radius 3 is 1.80 bits per heavy atom. The van der Waals surface area contributed by atoms with Gasteiger partial charge in [-0.15, -0.1) is 11.6 Å². The number of carboxylic acids is 1. The average molecular weight is 292 g/mol. The zero-order valence-electron chi connectivity index (χ0n) is 11.1. The highest BCUT2D eigenvalue weighted by Gasteiger charge is 2.10. The molecule has 2 aromatic rings. The van der Waals surface area contributed by atoms with Crippen molar-refractivity contribution in [2.45, 2.75) is 18.3 Å². The molecule has 0 fully saturated rings. The van der Waals surface area contributed by atoms with Crippen LogP contribution in [0.2, 0.25) is 0 Å². The third-order valence-electron chi connectivity index (χ3n) is 2.61. The Hall–Kier alpha value is -1.84. The Morgan fingerprint density at radius 1 is 1.00 bits per heavy atom. The van der Waals surface area contributed by atoms with Gasteiger partial charge in [0.2, 0.25) is 0 Å². The topological polar surface area (TPSA) is 63.3 Å². The first kappa shape index (κ1) is 16.2. The molecule has 0 amide bonds. The van der Waals surface area contributed by atoms with Gasteiger partial charge in [-0.2, -0.15) is 0 Å². The lowest BCUT2D eigenvalue weighted by Gasteiger charge is -2.04. The zero-order chi connectivity index (χ0) is 14.8. The molecule has 0 aliphatic rings. The minimum absolute atomic E-state index is 0.385. The fourth-order valence-electron chi connectivity index (χ4n) is 1.52. The lowest BCUT2D eigenvalue weighted by atomic mass is 10.1. The number of halogens is 1. The summed E-state index contributed by atoms with van der Waals surface area (Å²) in [7, 11) is 0. The van der Waals surface area contributed by atoms with Crippen molar-refractivity contribution in [3.05, 3.63) is 71.8 Å². The van der Waals surface area contributed by atoms with Gasteiger partial charge in [-0.05, 0) is 17.5 Å². The van der Waals surface area contributed by atoms with Gasteiger partial charge < -0.3 is 10.8 Å². The summed E-state index contributed by atoms with van der Waals surface area (Å²) >= 11 is 5.53. The normalized spacial score (nSPS) is 11.1. The highest BCUT2D eigenvalue weighted by molar-refractivity contribution is 6.17. The van der Waals surface area contributed by atoms with E-state index < -0.39 is 12.0 Å². The number of rotatable bonds is 4. The van der Waals surface area contributed by atoms with E-state index in [0.717, 1.165) is 5.56 Å². The molecular weight excluding hydrogens is 274 g/mol. The molecule has 0 aliphatic heterocycles. The number of carboxylic acid groups (broad SMARTS) is 1. The smallest absolute Gasteiger partial charge is 0.320 e. The number of carbonyl (C=O) groups is 1. The van der Waals surface area contributed by atoms with Crippen LogP contribution in [0.25, 0.3) is 0 Å². The minimum atomic E-state index is -0.959. The van der Waals surface area contributed by atoms with Crippen molar-refractivity contribution in [1.82, 2.24) is 0 Å². The molecule has 0 unspecified atom stereocenters. The molecule has 0 aliphatic carbocycles. The van der Waals surface area contributed by atoms with E-state index in [0.29, 0.717) is 12.3 Å². The van der Waals surface area contributed by atoms with E-state index in [9.17, 15) is 4.79 Å². The summed E-state index contributed by atoms with van der Waals surface area (Å²) in [5.41, 5.74) is 7.48. The summed E-state index contributed by atoms with van der Waals surface area (Å²) in [5.74, 6) is -0.347. The first-order valence-electron chi connectivity index (χ1n) is 6.25. The largest absolute Gasteiger partial charge is 0.480 e. The number of alkyl halides is 1. The first-order valence-corrected chi connectivity index (χ1v) is 6.79. The van der Waals surface area contributed by atoms with Gasteiger partial charge in [0.1, 0.15) is 6.04 Å². The van der Waals surface area contributed by atoms with Gasteiger partial charge in [0, 0.05) is 5.88 Å². The molecule has 20 heavy (non-hydrogen) atoms. The van der Waals surface area contributed by atoms with Crippen LogP contribution in [-0.4, -0.2) is 17.1 Å². The SMILES string of the molecule is ClCc1ccccc1.N[C@@H](Cc1ccccc1)C(=O)O. The van der Waals surface area contributed by atoms with Crippen molar-refractivity contribution in [3.8, 4) is 0 Å². The van der Waals surface area contributed by atoms with E-state index in [-0.39, 0.29) is 0 Å². The predicted molar refractivity (Wildman–Crippen MR) is 81.8 cm³/mol. The van der Waals surface area contributed by atoms with Gasteiger partial charge in [0.25, 0.3) is 0 Å². The van der Waals surface area contributed by atoms with Crippen LogP contribution in [0.1, 0.15) is 11.1 Å². The van der Waals surface area contributed by atoms with Crippen molar-refractivity contribution in [2.75, 3.05) is 0 Å². The summed E-state index contributed by atoms with van der Waals surface area (Å²) in [6, 6.07) is 18.5. The highest BCUT2D eigenvalue weighted by Crippen LogP contribution is 2.01. The van der Waals surface area contributed by atoms with Gasteiger partial charge in [0.05, 0.1) is 0 Å². The Kier molecular flexibility index (Phi) is 7.40. The Bertz CT molecular complexity index is 502. The van der Waals surface area contributed by atoms with Crippen LogP contribution in [0.15, 0.2) is 60.7 Å². The lowest BCUT2D eigenvalue weighted by Crippen LogP contribution is -2.32. The Morgan fingerprint density at radius 2 is 1.45 bits per heavy atom. The Labute approximate surface area is 124 Å². The fourth-order valence-corrected chi connectivity index (χ4v) is 1.70. The van der Waals surface area contributed by atoms with Crippen LogP contribution in [0.3, 0.4) is 0 Å². The Balaban J connectivity index is 0.000000217. The molecule has 0 saturated carbocycles. The number of hydrogen-bond acceptors (Lipinski definition) is 2. The van der Waals surface area contributed by atoms with Crippen LogP contribution in [0.4, 0.5) is 0 Å². The second-order valence-electron chi connectivity index (χ2n) is 4.25. The van der Waals surface area contributed by atoms with Crippen molar-refractivity contribution < 1.29 is 9.90 Å². The third kappa shape index (κ3) is 6.36. The van der Waals surface area contributed by atoms with Crippen LogP contribution in [0.5, 0.6) is 0 Å². The molecule has 0 saturated heterocycles. The maximum Gasteiger partial charge on any atom is 0.320 e. The molecule has 1 atom stereocenters. The second-order valence-corrected chi connectivity index (χ2v) is 4.52. The number of benzene rings is 2. The summed E-state index contributed by atoms with van der Waals surface area (Å²) < 4.78 is 0. The van der Waals surface area contributed by atoms with Crippen molar-refractivity contribution in [3.63, 3.8) is 0 Å². The molecule has 0 aromatic heterocycles. The van der Waals surface area contributed by atoms with Crippen LogP contribution in [0, 0.1) is 0 Å². The van der Waals surface area contributed by atoms with E-state index in [1.165, 1.54) is 5.56 Å². The van der Waals surface area contributed by atoms with Gasteiger partial charge in [-0.3, -0.25) is 4.79 Å². The molecule has 3 nitrogen and oxygen atoms in total. The van der Waals surface area contributed by atoms with E-state index in [2.05, 4.69) is 0 Å². The molecule has 0 heterocycles. The highest BCUT2D eigenvalue weighted by atomic mass is 35.5. The monoisotopic (exact) mass is 291 g/mol. The third-order valence-corrected chi connectivity index (χ3v) is 2.92. The quantitative estimate of drug-likeness (QED) is 0.851. The zero-order valence-corrected chi connectivity index (χ0v) is 11.8. The summed E-state index contributed by atoms with van der Waals surface area (Å²) in [6.45, 7) is 0. The maximum atomic E-state index is 10.4. The van der Waals surface area contributed by atoms with Gasteiger partial charge >= 0.3 is 5.97 Å². The molecule has 4 heteroatoms. The average Bonchev–Trinajstić information content (AvgIpc) is 2.49. The molecule has 2 rings (SSSR count). The molecule has 2 aromatic carbocycles. The predicted octanol–water partition coefficient (Wildman–Crippen LogP) is 3.07. The number of nitrogens with two attached hydrogens (primary N) is 1. The standard InChI is InChI=1S/C9H11NO2.C7H7Cl/c10-8(9(11)12)6-7-4-2-1-3-5-7;8-6-7-4-2-1-3-5-7/h1-5,8H,6,10H2,(H,11,12);1-5H,6H2/t8-;/m0./s1. The molecular formula is C16H18ClNO2. The van der Waals surface area contributed by atoms with Gasteiger partial charge in [-0.1, -0.05) is 60.7 Å². The molecule has 0 radical (unpaired) electrons. The van der Waals surface area contributed by atoms with Crippen LogP contribution in [-0.2, 0) is 17.1 Å². The minimum Gasteiger partial charge on any atom is -0.480 e. The fraction of sp³-hybridized carbons (Fsp3) is 0.188. The van der Waals surface area contributed by atoms with Crippen molar-refractivity contribution in [1.29, 1.82) is 0 Å². The second kappa shape index (κ2) is 9.13. The maximum absolute atomic E-state index is 10.4. The summed E-state index contributed by atoms with van der Waals surface area (Å²) in [4.78, 5) is 10.4. The summed E-state index contributed by atoms with van der Waals surface area (Å²) in [6.07, 6.45) is 0.385. The van der Waals surface area contributed by atoms with E-state index in [1.54, 1.807) is 0 Å².